The van der Waals surface area contributed by atoms with Crippen LogP contribution in [0.5, 0.6) is 5.75 Å². The van der Waals surface area contributed by atoms with Gasteiger partial charge in [-0.2, -0.15) is 0 Å². The van der Waals surface area contributed by atoms with Crippen LogP contribution in [0.1, 0.15) is 40.0 Å². The third-order valence-corrected chi connectivity index (χ3v) is 9.19. The number of ether oxygens (including phenoxy) is 5. The summed E-state index contributed by atoms with van der Waals surface area (Å²) in [6.45, 7) is 4.45. The third-order valence-electron chi connectivity index (χ3n) is 9.19. The van der Waals surface area contributed by atoms with Crippen molar-refractivity contribution in [2.45, 2.75) is 25.3 Å². The normalized spacial score (nSPS) is 15.4. The summed E-state index contributed by atoms with van der Waals surface area (Å²) in [4.78, 5) is 57.9. The zero-order valence-corrected chi connectivity index (χ0v) is 31.2. The zero-order chi connectivity index (χ0) is 38.6. The molecule has 290 valence electrons. The number of carbonyl (C=O) groups is 4. The van der Waals surface area contributed by atoms with Gasteiger partial charge in [-0.15, -0.1) is 0 Å². The topological polar surface area (TPSA) is 158 Å². The summed E-state index contributed by atoms with van der Waals surface area (Å²) < 4.78 is 28.3. The second-order valence-electron chi connectivity index (χ2n) is 13.2. The van der Waals surface area contributed by atoms with Gasteiger partial charge in [0.25, 0.3) is 11.8 Å². The van der Waals surface area contributed by atoms with Gasteiger partial charge in [-0.1, -0.05) is 24.3 Å². The number of hydrogen-bond acceptors (Lipinski definition) is 12. The fourth-order valence-corrected chi connectivity index (χ4v) is 6.32. The molecular weight excluding hydrogens is 706 g/mol. The summed E-state index contributed by atoms with van der Waals surface area (Å²) in [5.74, 6) is -1.35. The van der Waals surface area contributed by atoms with Crippen LogP contribution < -0.4 is 20.3 Å². The van der Waals surface area contributed by atoms with Gasteiger partial charge in [0, 0.05) is 62.4 Å². The summed E-state index contributed by atoms with van der Waals surface area (Å²) in [5, 5.41) is 6.37. The number of anilines is 2. The van der Waals surface area contributed by atoms with Gasteiger partial charge in [-0.25, -0.2) is 4.98 Å². The summed E-state index contributed by atoms with van der Waals surface area (Å²) in [7, 11) is 4.05. The van der Waals surface area contributed by atoms with Crippen LogP contribution in [-0.4, -0.2) is 120 Å². The first-order valence-corrected chi connectivity index (χ1v) is 18.5. The third kappa shape index (κ3) is 10.2. The highest BCUT2D eigenvalue weighted by molar-refractivity contribution is 6.25. The number of amides is 4. The van der Waals surface area contributed by atoms with Crippen molar-refractivity contribution < 1.29 is 42.9 Å². The zero-order valence-electron chi connectivity index (χ0n) is 31.2. The number of hydrogen-bond donors (Lipinski definition) is 2. The Labute approximate surface area is 320 Å². The van der Waals surface area contributed by atoms with E-state index in [1.807, 2.05) is 38.4 Å². The van der Waals surface area contributed by atoms with E-state index in [4.69, 9.17) is 28.7 Å². The van der Waals surface area contributed by atoms with Crippen LogP contribution in [0.15, 0.2) is 72.8 Å². The van der Waals surface area contributed by atoms with E-state index in [1.54, 1.807) is 18.2 Å². The maximum Gasteiger partial charge on any atom is 0.264 e. The Morgan fingerprint density at radius 3 is 2.20 bits per heavy atom. The Kier molecular flexibility index (Phi) is 13.8. The van der Waals surface area contributed by atoms with Gasteiger partial charge in [-0.05, 0) is 55.0 Å². The standard InChI is InChI=1S/C41H47N5O9/c1-45(2)30-10-7-28(8-11-30)33-13-9-29-27-31(12-14-34(29)43-33)55-19-4-18-51-21-23-53-25-26-54-24-22-52-20-17-42-35-6-3-5-32-38(35)41(50)46(40(32)49)36-15-16-37(47)44-39(36)48/h3,5-14,27,36,42H,4,15-26H2,1-2H3,(H,44,47,48). The molecule has 6 rings (SSSR count). The summed E-state index contributed by atoms with van der Waals surface area (Å²) >= 11 is 0. The molecule has 0 bridgehead atoms. The molecule has 2 aliphatic heterocycles. The minimum atomic E-state index is -1.01. The molecule has 3 heterocycles. The first-order chi connectivity index (χ1) is 26.8. The van der Waals surface area contributed by atoms with Gasteiger partial charge in [0.15, 0.2) is 0 Å². The molecule has 0 radical (unpaired) electrons. The lowest BCUT2D eigenvalue weighted by atomic mass is 10.0. The van der Waals surface area contributed by atoms with Crippen LogP contribution in [0.3, 0.4) is 0 Å². The van der Waals surface area contributed by atoms with Crippen LogP contribution in [0.2, 0.25) is 0 Å². The van der Waals surface area contributed by atoms with Gasteiger partial charge in [0.2, 0.25) is 11.8 Å². The lowest BCUT2D eigenvalue weighted by molar-refractivity contribution is -0.136. The predicted molar refractivity (Wildman–Crippen MR) is 206 cm³/mol. The van der Waals surface area contributed by atoms with Crippen molar-refractivity contribution in [2.75, 3.05) is 90.3 Å². The molecule has 1 aromatic heterocycles. The average molecular weight is 754 g/mol. The van der Waals surface area contributed by atoms with Gasteiger partial charge < -0.3 is 33.9 Å². The van der Waals surface area contributed by atoms with Crippen molar-refractivity contribution >= 4 is 45.9 Å². The Hall–Kier alpha value is -5.41. The Morgan fingerprint density at radius 2 is 1.49 bits per heavy atom. The highest BCUT2D eigenvalue weighted by atomic mass is 16.6. The maximum atomic E-state index is 13.2. The maximum absolute atomic E-state index is 13.2. The SMILES string of the molecule is CN(C)c1ccc(-c2ccc3cc(OCCCOCCOCCOCCOCCNc4cccc5c4C(=O)N(C4CCC(=O)NC4=O)C5=O)ccc3n2)cc1. The van der Waals surface area contributed by atoms with E-state index in [0.717, 1.165) is 44.9 Å². The minimum Gasteiger partial charge on any atom is -0.493 e. The van der Waals surface area contributed by atoms with Gasteiger partial charge in [-0.3, -0.25) is 29.4 Å². The molecule has 14 heteroatoms. The first kappa shape index (κ1) is 39.3. The number of pyridine rings is 1. The fourth-order valence-electron chi connectivity index (χ4n) is 6.32. The molecular formula is C41H47N5O9. The number of piperidine rings is 1. The molecule has 1 fully saturated rings. The molecule has 1 atom stereocenters. The molecule has 1 unspecified atom stereocenters. The Morgan fingerprint density at radius 1 is 0.782 bits per heavy atom. The largest absolute Gasteiger partial charge is 0.493 e. The molecule has 1 saturated heterocycles. The van der Waals surface area contributed by atoms with E-state index >= 15 is 0 Å². The van der Waals surface area contributed by atoms with E-state index in [9.17, 15) is 19.2 Å². The Bertz CT molecular complexity index is 1970. The van der Waals surface area contributed by atoms with Crippen molar-refractivity contribution in [3.63, 3.8) is 0 Å². The highest BCUT2D eigenvalue weighted by Gasteiger charge is 2.45. The second-order valence-corrected chi connectivity index (χ2v) is 13.2. The predicted octanol–water partition coefficient (Wildman–Crippen LogP) is 4.32. The lowest BCUT2D eigenvalue weighted by Gasteiger charge is -2.27. The van der Waals surface area contributed by atoms with E-state index < -0.39 is 29.7 Å². The highest BCUT2D eigenvalue weighted by Crippen LogP contribution is 2.32. The second kappa shape index (κ2) is 19.3. The van der Waals surface area contributed by atoms with Crippen LogP contribution >= 0.6 is 0 Å². The Balaban J connectivity index is 0.762. The summed E-state index contributed by atoms with van der Waals surface area (Å²) in [6, 6.07) is 22.3. The number of imide groups is 2. The molecule has 0 aliphatic carbocycles. The van der Waals surface area contributed by atoms with Gasteiger partial charge in [0.05, 0.1) is 75.2 Å². The number of aromatic nitrogens is 1. The molecule has 2 aliphatic rings. The van der Waals surface area contributed by atoms with Crippen molar-refractivity contribution in [3.8, 4) is 17.0 Å². The molecule has 4 aromatic rings. The molecule has 14 nitrogen and oxygen atoms in total. The molecule has 0 saturated carbocycles. The fraction of sp³-hybridized carbons (Fsp3) is 0.390. The number of rotatable bonds is 21. The molecule has 3 aromatic carbocycles. The van der Waals surface area contributed by atoms with Crippen molar-refractivity contribution in [2.24, 2.45) is 0 Å². The van der Waals surface area contributed by atoms with Crippen molar-refractivity contribution in [1.82, 2.24) is 15.2 Å². The summed E-state index contributed by atoms with van der Waals surface area (Å²) in [5.41, 5.74) is 5.01. The van der Waals surface area contributed by atoms with Crippen LogP contribution in [0.4, 0.5) is 11.4 Å². The monoisotopic (exact) mass is 753 g/mol. The van der Waals surface area contributed by atoms with Crippen molar-refractivity contribution in [1.29, 1.82) is 0 Å². The smallest absolute Gasteiger partial charge is 0.264 e. The van der Waals surface area contributed by atoms with E-state index in [0.29, 0.717) is 71.7 Å². The number of fused-ring (bicyclic) bond motifs is 2. The van der Waals surface area contributed by atoms with Crippen molar-refractivity contribution in [3.05, 3.63) is 83.9 Å². The van der Waals surface area contributed by atoms with Gasteiger partial charge >= 0.3 is 0 Å². The van der Waals surface area contributed by atoms with Crippen LogP contribution in [-0.2, 0) is 28.5 Å². The van der Waals surface area contributed by atoms with Gasteiger partial charge in [0.1, 0.15) is 11.8 Å². The molecule has 55 heavy (non-hydrogen) atoms. The summed E-state index contributed by atoms with van der Waals surface area (Å²) in [6.07, 6.45) is 0.930. The first-order valence-electron chi connectivity index (χ1n) is 18.5. The molecule has 4 amide bonds. The lowest BCUT2D eigenvalue weighted by Crippen LogP contribution is -2.54. The van der Waals surface area contributed by atoms with E-state index in [2.05, 4.69) is 45.9 Å². The minimum absolute atomic E-state index is 0.0684. The van der Waals surface area contributed by atoms with Crippen LogP contribution in [0.25, 0.3) is 22.2 Å². The molecule has 2 N–H and O–H groups in total. The number of carbonyl (C=O) groups excluding carboxylic acids is 4. The number of benzene rings is 3. The quantitative estimate of drug-likeness (QED) is 0.0919. The number of nitrogens with one attached hydrogen (secondary N) is 2. The number of nitrogens with zero attached hydrogens (tertiary/aromatic N) is 3. The molecule has 0 spiro atoms. The van der Waals surface area contributed by atoms with E-state index in [1.165, 1.54) is 0 Å². The van der Waals surface area contributed by atoms with E-state index in [-0.39, 0.29) is 24.0 Å². The van der Waals surface area contributed by atoms with Crippen LogP contribution in [0, 0.1) is 0 Å². The average Bonchev–Trinajstić information content (AvgIpc) is 3.44.